The number of hydrogen-bond acceptors (Lipinski definition) is 4. The molecular weight excluding hydrogens is 597 g/mol. The molecule has 5 aliphatic carbocycles. The van der Waals surface area contributed by atoms with Gasteiger partial charge in [-0.2, -0.15) is 5.26 Å². The Morgan fingerprint density at radius 3 is 1.96 bits per heavy atom. The summed E-state index contributed by atoms with van der Waals surface area (Å²) in [4.78, 5) is 15.7. The normalized spacial score (nSPS) is 24.1. The lowest BCUT2D eigenvalue weighted by molar-refractivity contribution is -0.00518. The fourth-order valence-electron chi connectivity index (χ4n) is 10.8. The molecule has 4 heteroatoms. The quantitative estimate of drug-likeness (QED) is 0.194. The first kappa shape index (κ1) is 28.8. The zero-order valence-electron chi connectivity index (χ0n) is 28.1. The van der Waals surface area contributed by atoms with Crippen LogP contribution in [0.5, 0.6) is 0 Å². The van der Waals surface area contributed by atoms with Crippen molar-refractivity contribution in [3.63, 3.8) is 0 Å². The molecular formula is C45H38N4. The molecule has 0 atom stereocenters. The van der Waals surface area contributed by atoms with Crippen LogP contribution in [-0.4, -0.2) is 15.0 Å². The lowest BCUT2D eigenvalue weighted by Crippen LogP contribution is -2.48. The predicted octanol–water partition coefficient (Wildman–Crippen LogP) is 10.7. The first-order chi connectivity index (χ1) is 23.9. The zero-order valence-corrected chi connectivity index (χ0v) is 28.1. The molecule has 1 aromatic heterocycles. The van der Waals surface area contributed by atoms with E-state index in [4.69, 9.17) is 15.0 Å². The van der Waals surface area contributed by atoms with Crippen LogP contribution in [0.3, 0.4) is 0 Å². The minimum Gasteiger partial charge on any atom is -0.208 e. The summed E-state index contributed by atoms with van der Waals surface area (Å²) in [7, 11) is 0. The minimum absolute atomic E-state index is 0.291. The molecule has 4 bridgehead atoms. The molecule has 49 heavy (non-hydrogen) atoms. The Labute approximate surface area is 287 Å². The van der Waals surface area contributed by atoms with Gasteiger partial charge in [-0.15, -0.1) is 0 Å². The standard InChI is InChI=1S/C45H38N4/c1-44(2)39-18-13-27(26-46)22-38(39)35-10-6-12-37(40(35)44)43-48-41(47-42(49-43)36-11-5-8-31-7-3-4-9-34(31)36)32-14-16-33(17-15-32)45-23-28-19-29(24-45)21-30(20-28)25-45/h3-18,22,28-30H,19-21,23-25H2,1-2H3/t28-,29+,30-,45?. The summed E-state index contributed by atoms with van der Waals surface area (Å²) in [5.41, 5.74) is 9.94. The minimum atomic E-state index is -0.291. The van der Waals surface area contributed by atoms with Gasteiger partial charge in [-0.3, -0.25) is 0 Å². The molecule has 238 valence electrons. The third-order valence-corrected chi connectivity index (χ3v) is 12.5. The van der Waals surface area contributed by atoms with Crippen molar-refractivity contribution in [3.05, 3.63) is 125 Å². The number of hydrogen-bond donors (Lipinski definition) is 0. The van der Waals surface area contributed by atoms with Crippen molar-refractivity contribution in [1.82, 2.24) is 15.0 Å². The Bertz CT molecular complexity index is 2320. The van der Waals surface area contributed by atoms with Gasteiger partial charge in [-0.1, -0.05) is 105 Å². The van der Waals surface area contributed by atoms with Gasteiger partial charge in [0.25, 0.3) is 0 Å². The zero-order chi connectivity index (χ0) is 32.9. The molecule has 11 rings (SSSR count). The lowest BCUT2D eigenvalue weighted by Gasteiger charge is -2.57. The number of aromatic nitrogens is 3. The second kappa shape index (κ2) is 10.4. The average Bonchev–Trinajstić information content (AvgIpc) is 3.36. The highest BCUT2D eigenvalue weighted by molar-refractivity contribution is 5.95. The van der Waals surface area contributed by atoms with Crippen LogP contribution in [0.15, 0.2) is 103 Å². The van der Waals surface area contributed by atoms with Gasteiger partial charge in [0.15, 0.2) is 17.5 Å². The van der Waals surface area contributed by atoms with Gasteiger partial charge in [-0.25, -0.2) is 15.0 Å². The molecule has 0 N–H and O–H groups in total. The fourth-order valence-corrected chi connectivity index (χ4v) is 10.8. The van der Waals surface area contributed by atoms with Gasteiger partial charge in [0.05, 0.1) is 11.6 Å². The third-order valence-electron chi connectivity index (χ3n) is 12.5. The first-order valence-electron chi connectivity index (χ1n) is 17.9. The smallest absolute Gasteiger partial charge is 0.164 e. The highest BCUT2D eigenvalue weighted by atomic mass is 15.0. The molecule has 1 heterocycles. The number of fused-ring (bicyclic) bond motifs is 4. The van der Waals surface area contributed by atoms with Crippen molar-refractivity contribution in [2.75, 3.05) is 0 Å². The van der Waals surface area contributed by atoms with E-state index in [0.717, 1.165) is 56.3 Å². The maximum Gasteiger partial charge on any atom is 0.164 e. The van der Waals surface area contributed by atoms with Crippen LogP contribution in [0.1, 0.15) is 74.6 Å². The Morgan fingerprint density at radius 1 is 0.612 bits per heavy atom. The number of rotatable bonds is 4. The summed E-state index contributed by atoms with van der Waals surface area (Å²) in [6.45, 7) is 4.54. The molecule has 5 aromatic carbocycles. The second-order valence-electron chi connectivity index (χ2n) is 15.8. The van der Waals surface area contributed by atoms with Crippen molar-refractivity contribution >= 4 is 10.8 Å². The van der Waals surface area contributed by atoms with Crippen LogP contribution >= 0.6 is 0 Å². The monoisotopic (exact) mass is 634 g/mol. The van der Waals surface area contributed by atoms with Crippen molar-refractivity contribution < 1.29 is 0 Å². The Hall–Kier alpha value is -5.14. The van der Waals surface area contributed by atoms with Crippen molar-refractivity contribution in [2.45, 2.75) is 63.2 Å². The molecule has 0 radical (unpaired) electrons. The molecule has 0 saturated heterocycles. The van der Waals surface area contributed by atoms with Gasteiger partial charge in [0.1, 0.15) is 0 Å². The Balaban J connectivity index is 1.14. The first-order valence-corrected chi connectivity index (χ1v) is 17.9. The number of nitrogens with zero attached hydrogens (tertiary/aromatic N) is 4. The molecule has 0 spiro atoms. The van der Waals surface area contributed by atoms with Crippen LogP contribution in [-0.2, 0) is 10.8 Å². The Kier molecular flexibility index (Phi) is 6.14. The van der Waals surface area contributed by atoms with E-state index in [1.54, 1.807) is 0 Å². The molecule has 4 saturated carbocycles. The molecule has 4 fully saturated rings. The maximum absolute atomic E-state index is 9.70. The third kappa shape index (κ3) is 4.38. The van der Waals surface area contributed by atoms with E-state index in [1.165, 1.54) is 55.2 Å². The summed E-state index contributed by atoms with van der Waals surface area (Å²) in [6, 6.07) is 38.9. The fraction of sp³-hybridized carbons (Fsp3) is 0.289. The van der Waals surface area contributed by atoms with Gasteiger partial charge >= 0.3 is 0 Å². The van der Waals surface area contributed by atoms with Gasteiger partial charge < -0.3 is 0 Å². The molecule has 5 aliphatic rings. The molecule has 0 unspecified atom stereocenters. The molecule has 4 nitrogen and oxygen atoms in total. The Morgan fingerprint density at radius 2 is 1.22 bits per heavy atom. The van der Waals surface area contributed by atoms with Crippen LogP contribution in [0.4, 0.5) is 0 Å². The van der Waals surface area contributed by atoms with Crippen molar-refractivity contribution in [3.8, 4) is 51.4 Å². The van der Waals surface area contributed by atoms with Crippen molar-refractivity contribution in [1.29, 1.82) is 5.26 Å². The van der Waals surface area contributed by atoms with Gasteiger partial charge in [0.2, 0.25) is 0 Å². The molecule has 0 aliphatic heterocycles. The van der Waals surface area contributed by atoms with Crippen LogP contribution in [0.2, 0.25) is 0 Å². The van der Waals surface area contributed by atoms with E-state index < -0.39 is 0 Å². The van der Waals surface area contributed by atoms with Gasteiger partial charge in [0, 0.05) is 22.1 Å². The van der Waals surface area contributed by atoms with Gasteiger partial charge in [-0.05, 0) is 112 Å². The summed E-state index contributed by atoms with van der Waals surface area (Å²) in [5.74, 6) is 4.79. The van der Waals surface area contributed by atoms with Crippen LogP contribution in [0, 0.1) is 29.1 Å². The highest BCUT2D eigenvalue weighted by Gasteiger charge is 2.51. The van der Waals surface area contributed by atoms with Crippen LogP contribution < -0.4 is 0 Å². The van der Waals surface area contributed by atoms with E-state index in [0.29, 0.717) is 28.5 Å². The largest absolute Gasteiger partial charge is 0.208 e. The summed E-state index contributed by atoms with van der Waals surface area (Å²) in [5, 5.41) is 12.0. The number of benzene rings is 5. The topological polar surface area (TPSA) is 62.5 Å². The lowest BCUT2D eigenvalue weighted by atomic mass is 9.48. The van der Waals surface area contributed by atoms with E-state index in [1.807, 2.05) is 12.1 Å². The average molecular weight is 635 g/mol. The maximum atomic E-state index is 9.70. The summed E-state index contributed by atoms with van der Waals surface area (Å²) >= 11 is 0. The van der Waals surface area contributed by atoms with E-state index in [-0.39, 0.29) is 5.41 Å². The second-order valence-corrected chi connectivity index (χ2v) is 15.8. The van der Waals surface area contributed by atoms with Crippen LogP contribution in [0.25, 0.3) is 56.1 Å². The molecule has 6 aromatic rings. The number of nitriles is 1. The molecule has 0 amide bonds. The predicted molar refractivity (Wildman–Crippen MR) is 196 cm³/mol. The summed E-state index contributed by atoms with van der Waals surface area (Å²) < 4.78 is 0. The van der Waals surface area contributed by atoms with E-state index >= 15 is 0 Å². The van der Waals surface area contributed by atoms with E-state index in [2.05, 4.69) is 111 Å². The summed E-state index contributed by atoms with van der Waals surface area (Å²) in [6.07, 6.45) is 8.41. The SMILES string of the molecule is CC1(C)c2ccc(C#N)cc2-c2cccc(-c3nc(-c4ccc(C56C[C@H]7C[C@@H](C5)C[C@@H](C6)C7)cc4)nc(-c4cccc5ccccc45)n3)c21. The highest BCUT2D eigenvalue weighted by Crippen LogP contribution is 2.61. The van der Waals surface area contributed by atoms with E-state index in [9.17, 15) is 5.26 Å². The van der Waals surface area contributed by atoms with Crippen molar-refractivity contribution in [2.24, 2.45) is 17.8 Å².